The molecule has 1 rings (SSSR count). The molecule has 0 aliphatic heterocycles. The van der Waals surface area contributed by atoms with Crippen molar-refractivity contribution in [3.63, 3.8) is 0 Å². The Morgan fingerprint density at radius 2 is 1.03 bits per heavy atom. The Bertz CT molecular complexity index is 587. The first-order chi connectivity index (χ1) is 14.4. The molecule has 2 unspecified atom stereocenters. The molecule has 2 N–H and O–H groups in total. The Labute approximate surface area is 175 Å². The van der Waals surface area contributed by atoms with E-state index in [-0.39, 0.29) is 24.9 Å². The van der Waals surface area contributed by atoms with Crippen LogP contribution < -0.4 is 10.6 Å². The molecule has 1 saturated carbocycles. The van der Waals surface area contributed by atoms with Crippen LogP contribution >= 0.6 is 0 Å². The van der Waals surface area contributed by atoms with Gasteiger partial charge in [-0.25, -0.2) is 9.59 Å². The third kappa shape index (κ3) is 8.76. The minimum Gasteiger partial charge on any atom is -0.443 e. The molecule has 6 nitrogen and oxygen atoms in total. The predicted octanol–water partition coefficient (Wildman–Crippen LogP) is 4.64. The molecule has 2 atom stereocenters. The van der Waals surface area contributed by atoms with Crippen molar-refractivity contribution >= 4 is 12.2 Å². The summed E-state index contributed by atoms with van der Waals surface area (Å²) >= 11 is 0. The number of rotatable bonds is 8. The number of carbonyl (C=O) groups is 2. The summed E-state index contributed by atoms with van der Waals surface area (Å²) in [6, 6.07) is 0. The lowest BCUT2D eigenvalue weighted by Gasteiger charge is -2.29. The van der Waals surface area contributed by atoms with E-state index in [1.54, 1.807) is 0 Å². The molecule has 0 aromatic carbocycles. The summed E-state index contributed by atoms with van der Waals surface area (Å²) in [5.74, 6) is -10.9. The lowest BCUT2D eigenvalue weighted by molar-refractivity contribution is -0.292. The number of hydrogen-bond acceptors (Lipinski definition) is 4. The molecule has 0 aromatic heterocycles. The van der Waals surface area contributed by atoms with Crippen LogP contribution in [0.25, 0.3) is 0 Å². The molecule has 0 radical (unpaired) electrons. The zero-order valence-electron chi connectivity index (χ0n) is 16.2. The van der Waals surface area contributed by atoms with Crippen molar-refractivity contribution in [2.45, 2.75) is 49.9 Å². The lowest BCUT2D eigenvalue weighted by Crippen LogP contribution is -2.43. The monoisotopic (exact) mass is 494 g/mol. The first kappa shape index (κ1) is 27.9. The Kier molecular flexibility index (Phi) is 9.27. The minimum atomic E-state index is -5.87. The molecule has 2 amide bonds. The standard InChI is InChI=1S/C16H20F10N2O4/c17-13(18,15(21,22)23)7-31-11(29)27-5-9-2-1-3-10(4-9)6-28-12(30)32-8-14(19,20)16(24,25)26/h9-10H,1-8H2,(H,27,29)(H,28,30). The maximum absolute atomic E-state index is 12.7. The molecule has 0 saturated heterocycles. The van der Waals surface area contributed by atoms with Gasteiger partial charge >= 0.3 is 36.4 Å². The number of alkyl carbamates (subject to hydrolysis) is 2. The first-order valence-corrected chi connectivity index (χ1v) is 9.15. The Morgan fingerprint density at radius 3 is 1.34 bits per heavy atom. The van der Waals surface area contributed by atoms with E-state index in [4.69, 9.17) is 0 Å². The fourth-order valence-electron chi connectivity index (χ4n) is 2.81. The van der Waals surface area contributed by atoms with Gasteiger partial charge in [-0.05, 0) is 31.1 Å². The maximum atomic E-state index is 12.7. The van der Waals surface area contributed by atoms with Gasteiger partial charge in [-0.2, -0.15) is 43.9 Å². The van der Waals surface area contributed by atoms with Gasteiger partial charge in [0.25, 0.3) is 0 Å². The third-order valence-corrected chi connectivity index (χ3v) is 4.56. The number of alkyl halides is 10. The molecule has 0 heterocycles. The van der Waals surface area contributed by atoms with Crippen molar-refractivity contribution in [2.75, 3.05) is 26.3 Å². The SMILES string of the molecule is O=C(NCC1CCCC(CNC(=O)OCC(F)(F)C(F)(F)F)C1)OCC(F)(F)C(F)(F)F. The van der Waals surface area contributed by atoms with Crippen LogP contribution in [0.3, 0.4) is 0 Å². The van der Waals surface area contributed by atoms with E-state index in [9.17, 15) is 53.5 Å². The quantitative estimate of drug-likeness (QED) is 0.483. The first-order valence-electron chi connectivity index (χ1n) is 9.15. The van der Waals surface area contributed by atoms with Gasteiger partial charge in [0.15, 0.2) is 13.2 Å². The lowest BCUT2D eigenvalue weighted by atomic mass is 9.81. The summed E-state index contributed by atoms with van der Waals surface area (Å²) in [5, 5.41) is 4.10. The van der Waals surface area contributed by atoms with E-state index in [1.165, 1.54) is 0 Å². The maximum Gasteiger partial charge on any atom is 0.456 e. The Hall–Kier alpha value is -2.16. The van der Waals surface area contributed by atoms with Crippen LogP contribution in [0.5, 0.6) is 0 Å². The smallest absolute Gasteiger partial charge is 0.443 e. The fraction of sp³-hybridized carbons (Fsp3) is 0.875. The van der Waals surface area contributed by atoms with E-state index in [0.29, 0.717) is 25.7 Å². The predicted molar refractivity (Wildman–Crippen MR) is 86.2 cm³/mol. The van der Waals surface area contributed by atoms with Gasteiger partial charge in [0, 0.05) is 13.1 Å². The molecular formula is C16H20F10N2O4. The van der Waals surface area contributed by atoms with E-state index in [2.05, 4.69) is 9.47 Å². The second-order valence-corrected chi connectivity index (χ2v) is 7.22. The molecule has 188 valence electrons. The molecule has 1 aliphatic carbocycles. The number of hydrogen-bond donors (Lipinski definition) is 2. The molecule has 0 aromatic rings. The third-order valence-electron chi connectivity index (χ3n) is 4.56. The average Bonchev–Trinajstić information content (AvgIpc) is 2.66. The zero-order chi connectivity index (χ0) is 24.8. The van der Waals surface area contributed by atoms with Crippen molar-refractivity contribution in [3.8, 4) is 0 Å². The topological polar surface area (TPSA) is 76.7 Å². The number of ether oxygens (including phenoxy) is 2. The molecule has 16 heteroatoms. The van der Waals surface area contributed by atoms with Gasteiger partial charge in [-0.1, -0.05) is 6.42 Å². The van der Waals surface area contributed by atoms with Crippen LogP contribution in [-0.2, 0) is 9.47 Å². The number of nitrogens with one attached hydrogen (secondary N) is 2. The van der Waals surface area contributed by atoms with Crippen molar-refractivity contribution in [1.82, 2.24) is 10.6 Å². The van der Waals surface area contributed by atoms with Crippen molar-refractivity contribution in [2.24, 2.45) is 11.8 Å². The molecule has 1 fully saturated rings. The second-order valence-electron chi connectivity index (χ2n) is 7.22. The van der Waals surface area contributed by atoms with Crippen LogP contribution in [0, 0.1) is 11.8 Å². The Balaban J connectivity index is 2.34. The highest BCUT2D eigenvalue weighted by atomic mass is 19.4. The van der Waals surface area contributed by atoms with Gasteiger partial charge in [-0.3, -0.25) is 0 Å². The molecular weight excluding hydrogens is 474 g/mol. The van der Waals surface area contributed by atoms with E-state index in [1.807, 2.05) is 10.6 Å². The van der Waals surface area contributed by atoms with Crippen LogP contribution in [0.1, 0.15) is 25.7 Å². The Morgan fingerprint density at radius 1 is 0.688 bits per heavy atom. The summed E-state index contributed by atoms with van der Waals surface area (Å²) in [4.78, 5) is 22.7. The van der Waals surface area contributed by atoms with Crippen LogP contribution in [0.15, 0.2) is 0 Å². The summed E-state index contributed by atoms with van der Waals surface area (Å²) in [6.07, 6.45) is -12.7. The largest absolute Gasteiger partial charge is 0.456 e. The summed E-state index contributed by atoms with van der Waals surface area (Å²) in [6.45, 7) is -4.63. The fourth-order valence-corrected chi connectivity index (χ4v) is 2.81. The normalized spacial score (nSPS) is 20.4. The van der Waals surface area contributed by atoms with E-state index in [0.717, 1.165) is 0 Å². The van der Waals surface area contributed by atoms with Crippen molar-refractivity contribution in [1.29, 1.82) is 0 Å². The highest BCUT2D eigenvalue weighted by molar-refractivity contribution is 5.67. The molecule has 1 aliphatic rings. The number of halogens is 10. The van der Waals surface area contributed by atoms with Gasteiger partial charge in [-0.15, -0.1) is 0 Å². The van der Waals surface area contributed by atoms with Crippen molar-refractivity contribution < 1.29 is 63.0 Å². The van der Waals surface area contributed by atoms with E-state index < -0.39 is 49.6 Å². The van der Waals surface area contributed by atoms with E-state index >= 15 is 0 Å². The number of amides is 2. The summed E-state index contributed by atoms with van der Waals surface area (Å²) in [5.41, 5.74) is 0. The summed E-state index contributed by atoms with van der Waals surface area (Å²) < 4.78 is 131. The van der Waals surface area contributed by atoms with Crippen LogP contribution in [-0.4, -0.2) is 62.7 Å². The highest BCUT2D eigenvalue weighted by Gasteiger charge is 2.59. The van der Waals surface area contributed by atoms with Gasteiger partial charge < -0.3 is 20.1 Å². The van der Waals surface area contributed by atoms with Crippen LogP contribution in [0.4, 0.5) is 53.5 Å². The van der Waals surface area contributed by atoms with Gasteiger partial charge in [0.1, 0.15) is 0 Å². The molecule has 0 spiro atoms. The molecule has 0 bridgehead atoms. The second kappa shape index (κ2) is 10.6. The van der Waals surface area contributed by atoms with Gasteiger partial charge in [0.2, 0.25) is 0 Å². The zero-order valence-corrected chi connectivity index (χ0v) is 16.2. The van der Waals surface area contributed by atoms with Crippen LogP contribution in [0.2, 0.25) is 0 Å². The molecule has 32 heavy (non-hydrogen) atoms. The summed E-state index contributed by atoms with van der Waals surface area (Å²) in [7, 11) is 0. The van der Waals surface area contributed by atoms with Crippen molar-refractivity contribution in [3.05, 3.63) is 0 Å². The number of carbonyl (C=O) groups excluding carboxylic acids is 2. The minimum absolute atomic E-state index is 0.130. The average molecular weight is 494 g/mol. The van der Waals surface area contributed by atoms with Gasteiger partial charge in [0.05, 0.1) is 0 Å². The highest BCUT2D eigenvalue weighted by Crippen LogP contribution is 2.36.